The fourth-order valence-electron chi connectivity index (χ4n) is 5.74. The lowest BCUT2D eigenvalue weighted by Gasteiger charge is -2.27. The molecule has 3 aromatic rings. The summed E-state index contributed by atoms with van der Waals surface area (Å²) in [6, 6.07) is 17.1. The van der Waals surface area contributed by atoms with Gasteiger partial charge in [-0.1, -0.05) is 36.4 Å². The highest BCUT2D eigenvalue weighted by Gasteiger charge is 2.57. The molecule has 42 heavy (non-hydrogen) atoms. The summed E-state index contributed by atoms with van der Waals surface area (Å²) < 4.78 is 29.5. The van der Waals surface area contributed by atoms with E-state index >= 15 is 0 Å². The van der Waals surface area contributed by atoms with E-state index in [1.54, 1.807) is 59.8 Å². The van der Waals surface area contributed by atoms with Crippen molar-refractivity contribution in [3.8, 4) is 23.0 Å². The quantitative estimate of drug-likeness (QED) is 0.318. The first-order valence-electron chi connectivity index (χ1n) is 13.6. The first-order valence-corrected chi connectivity index (χ1v) is 13.6. The third-order valence-corrected chi connectivity index (χ3v) is 7.69. The van der Waals surface area contributed by atoms with Crippen molar-refractivity contribution >= 4 is 23.5 Å². The average molecular weight is 572 g/mol. The van der Waals surface area contributed by atoms with Crippen LogP contribution in [-0.2, 0) is 11.3 Å². The molecule has 1 heterocycles. The maximum absolute atomic E-state index is 14.1. The van der Waals surface area contributed by atoms with Crippen LogP contribution in [0.2, 0.25) is 0 Å². The molecule has 2 unspecified atom stereocenters. The minimum Gasteiger partial charge on any atom is -0.497 e. The molecule has 0 fully saturated rings. The van der Waals surface area contributed by atoms with E-state index in [1.807, 2.05) is 58.0 Å². The van der Waals surface area contributed by atoms with Gasteiger partial charge in [0.25, 0.3) is 5.84 Å². The molecule has 2 aliphatic rings. The van der Waals surface area contributed by atoms with E-state index < -0.39 is 12.1 Å². The third kappa shape index (κ3) is 5.23. The SMILES string of the molecule is COCCN1C(/C=C/c2cc(OC)c(OC)c(OC)c2)=[N+](Cc2cccc(OC)c2)C2C(=O)c3ccccc3C(=O)C21. The molecule has 5 rings (SSSR count). The second-order valence-electron chi connectivity index (χ2n) is 9.98. The van der Waals surface area contributed by atoms with Gasteiger partial charge in [0.2, 0.25) is 29.4 Å². The lowest BCUT2D eigenvalue weighted by molar-refractivity contribution is -0.557. The number of carbonyl (C=O) groups excluding carboxylic acids is 2. The van der Waals surface area contributed by atoms with Crippen molar-refractivity contribution in [3.63, 3.8) is 0 Å². The lowest BCUT2D eigenvalue weighted by atomic mass is 9.82. The van der Waals surface area contributed by atoms with Gasteiger partial charge in [0.05, 0.1) is 35.0 Å². The molecule has 0 N–H and O–H groups in total. The number of nitrogens with zero attached hydrogens (tertiary/aromatic N) is 2. The van der Waals surface area contributed by atoms with Crippen LogP contribution >= 0.6 is 0 Å². The Morgan fingerprint density at radius 1 is 0.786 bits per heavy atom. The Hall–Kier alpha value is -4.63. The molecular weight excluding hydrogens is 536 g/mol. The molecule has 1 aliphatic heterocycles. The van der Waals surface area contributed by atoms with E-state index in [4.69, 9.17) is 23.7 Å². The minimum absolute atomic E-state index is 0.0851. The third-order valence-electron chi connectivity index (χ3n) is 7.69. The second-order valence-corrected chi connectivity index (χ2v) is 9.98. The zero-order valence-corrected chi connectivity index (χ0v) is 24.5. The van der Waals surface area contributed by atoms with Gasteiger partial charge in [-0.25, -0.2) is 9.48 Å². The maximum atomic E-state index is 14.1. The van der Waals surface area contributed by atoms with Crippen LogP contribution in [0.5, 0.6) is 23.0 Å². The zero-order chi connectivity index (χ0) is 29.8. The average Bonchev–Trinajstić information content (AvgIpc) is 3.33. The van der Waals surface area contributed by atoms with E-state index in [0.717, 1.165) is 17.0 Å². The van der Waals surface area contributed by atoms with E-state index in [1.165, 1.54) is 0 Å². The Balaban J connectivity index is 1.67. The topological polar surface area (TPSA) is 86.5 Å². The number of ketones is 2. The van der Waals surface area contributed by atoms with Crippen LogP contribution in [0.15, 0.2) is 66.7 Å². The Bertz CT molecular complexity index is 1540. The van der Waals surface area contributed by atoms with Gasteiger partial charge >= 0.3 is 0 Å². The van der Waals surface area contributed by atoms with Gasteiger partial charge in [-0.3, -0.25) is 9.59 Å². The van der Waals surface area contributed by atoms with Crippen LogP contribution in [0, 0.1) is 0 Å². The summed E-state index contributed by atoms with van der Waals surface area (Å²) in [5.41, 5.74) is 2.63. The Kier molecular flexibility index (Phi) is 8.59. The fraction of sp³-hybridized carbons (Fsp3) is 0.303. The Labute approximate surface area is 245 Å². The monoisotopic (exact) mass is 571 g/mol. The number of carbonyl (C=O) groups is 2. The molecule has 9 nitrogen and oxygen atoms in total. The van der Waals surface area contributed by atoms with Crippen LogP contribution in [0.25, 0.3) is 6.08 Å². The number of fused-ring (bicyclic) bond motifs is 2. The minimum atomic E-state index is -0.713. The highest BCUT2D eigenvalue weighted by atomic mass is 16.5. The van der Waals surface area contributed by atoms with E-state index in [-0.39, 0.29) is 11.6 Å². The molecule has 1 aliphatic carbocycles. The van der Waals surface area contributed by atoms with Gasteiger partial charge in [0, 0.05) is 24.3 Å². The number of methoxy groups -OCH3 is 5. The maximum Gasteiger partial charge on any atom is 0.273 e. The van der Waals surface area contributed by atoms with Crippen LogP contribution in [0.3, 0.4) is 0 Å². The highest BCUT2D eigenvalue weighted by Crippen LogP contribution is 2.39. The number of Topliss-reactive ketones (excluding diaryl/α,β-unsaturated/α-hetero) is 2. The summed E-state index contributed by atoms with van der Waals surface area (Å²) in [4.78, 5) is 30.1. The van der Waals surface area contributed by atoms with Crippen LogP contribution in [0.1, 0.15) is 31.8 Å². The largest absolute Gasteiger partial charge is 0.497 e. The van der Waals surface area contributed by atoms with Crippen molar-refractivity contribution in [3.05, 3.63) is 89.0 Å². The van der Waals surface area contributed by atoms with Gasteiger partial charge in [0.15, 0.2) is 11.5 Å². The summed E-state index contributed by atoms with van der Waals surface area (Å²) in [6.07, 6.45) is 3.84. The van der Waals surface area contributed by atoms with Crippen LogP contribution in [-0.4, -0.2) is 87.7 Å². The molecule has 0 saturated carbocycles. The molecule has 0 radical (unpaired) electrons. The van der Waals surface area contributed by atoms with Crippen molar-refractivity contribution in [1.29, 1.82) is 0 Å². The van der Waals surface area contributed by atoms with E-state index in [9.17, 15) is 9.59 Å². The first kappa shape index (κ1) is 28.9. The summed E-state index contributed by atoms with van der Waals surface area (Å²) in [5.74, 6) is 2.80. The molecule has 0 aromatic heterocycles. The highest BCUT2D eigenvalue weighted by molar-refractivity contribution is 6.20. The van der Waals surface area contributed by atoms with E-state index in [0.29, 0.717) is 53.8 Å². The standard InChI is InChI=1S/C33H35N2O7/c1-38-16-15-34-28(14-13-21-18-26(40-3)33(42-5)27(19-21)41-4)35(20-22-9-8-10-23(17-22)39-2)30-29(34)31(36)24-11-6-7-12-25(24)32(30)37/h6-14,17-19,29-30H,15-16,20H2,1-5H3/q+1/b14-13+. The molecule has 2 atom stereocenters. The molecule has 0 spiro atoms. The van der Waals surface area contributed by atoms with Crippen molar-refractivity contribution in [2.75, 3.05) is 48.7 Å². The van der Waals surface area contributed by atoms with Gasteiger partial charge in [-0.15, -0.1) is 0 Å². The van der Waals surface area contributed by atoms with Crippen LogP contribution in [0.4, 0.5) is 0 Å². The number of amidine groups is 1. The number of ether oxygens (including phenoxy) is 5. The summed E-state index contributed by atoms with van der Waals surface area (Å²) in [7, 11) is 7.94. The molecule has 0 saturated heterocycles. The van der Waals surface area contributed by atoms with Crippen molar-refractivity contribution in [2.24, 2.45) is 0 Å². The molecule has 0 amide bonds. The predicted molar refractivity (Wildman–Crippen MR) is 158 cm³/mol. The molecular formula is C33H35N2O7+. The zero-order valence-electron chi connectivity index (χ0n) is 24.5. The Morgan fingerprint density at radius 3 is 2.10 bits per heavy atom. The second kappa shape index (κ2) is 12.5. The molecule has 0 bridgehead atoms. The lowest BCUT2D eigenvalue weighted by Crippen LogP contribution is -2.53. The van der Waals surface area contributed by atoms with Gasteiger partial charge < -0.3 is 23.7 Å². The smallest absolute Gasteiger partial charge is 0.273 e. The number of hydrogen-bond donors (Lipinski definition) is 0. The van der Waals surface area contributed by atoms with Gasteiger partial charge in [-0.05, 0) is 41.5 Å². The Morgan fingerprint density at radius 2 is 1.48 bits per heavy atom. The number of benzene rings is 3. The summed E-state index contributed by atoms with van der Waals surface area (Å²) >= 11 is 0. The fourth-order valence-corrected chi connectivity index (χ4v) is 5.74. The number of rotatable bonds is 11. The summed E-state index contributed by atoms with van der Waals surface area (Å²) in [5, 5.41) is 0. The first-order chi connectivity index (χ1) is 20.4. The predicted octanol–water partition coefficient (Wildman–Crippen LogP) is 4.12. The van der Waals surface area contributed by atoms with Gasteiger partial charge in [-0.2, -0.15) is 0 Å². The molecule has 3 aromatic carbocycles. The number of hydrogen-bond acceptors (Lipinski definition) is 8. The molecule has 218 valence electrons. The van der Waals surface area contributed by atoms with Gasteiger partial charge in [0.1, 0.15) is 18.8 Å². The van der Waals surface area contributed by atoms with Crippen LogP contribution < -0.4 is 18.9 Å². The van der Waals surface area contributed by atoms with Crippen molar-refractivity contribution < 1.29 is 37.8 Å². The van der Waals surface area contributed by atoms with Crippen molar-refractivity contribution in [2.45, 2.75) is 18.6 Å². The molecule has 9 heteroatoms. The summed E-state index contributed by atoms with van der Waals surface area (Å²) in [6.45, 7) is 1.18. The normalized spacial score (nSPS) is 17.9. The van der Waals surface area contributed by atoms with Crippen molar-refractivity contribution in [1.82, 2.24) is 4.90 Å². The van der Waals surface area contributed by atoms with E-state index in [2.05, 4.69) is 0 Å².